The summed E-state index contributed by atoms with van der Waals surface area (Å²) in [6, 6.07) is 7.98. The van der Waals surface area contributed by atoms with Crippen LogP contribution in [0.3, 0.4) is 0 Å². The molecule has 18 heavy (non-hydrogen) atoms. The number of hydrogen-bond donors (Lipinski definition) is 2. The number of para-hydroxylation sites is 1. The van der Waals surface area contributed by atoms with E-state index in [9.17, 15) is 0 Å². The van der Waals surface area contributed by atoms with Crippen LogP contribution >= 0.6 is 0 Å². The van der Waals surface area contributed by atoms with E-state index in [4.69, 9.17) is 4.74 Å². The molecule has 0 radical (unpaired) electrons. The molecule has 1 aliphatic rings. The van der Waals surface area contributed by atoms with Gasteiger partial charge in [-0.05, 0) is 12.1 Å². The van der Waals surface area contributed by atoms with Crippen molar-refractivity contribution < 1.29 is 4.74 Å². The lowest BCUT2D eigenvalue weighted by Crippen LogP contribution is -1.94. The van der Waals surface area contributed by atoms with Crippen molar-refractivity contribution in [1.29, 1.82) is 0 Å². The first-order valence-electron chi connectivity index (χ1n) is 5.80. The maximum absolute atomic E-state index is 5.53. The zero-order valence-electron chi connectivity index (χ0n) is 9.55. The van der Waals surface area contributed by atoms with Crippen molar-refractivity contribution in [2.24, 2.45) is 0 Å². The first kappa shape index (κ1) is 9.52. The summed E-state index contributed by atoms with van der Waals surface area (Å²) in [6.07, 6.45) is 1.76. The van der Waals surface area contributed by atoms with Gasteiger partial charge < -0.3 is 10.1 Å². The van der Waals surface area contributed by atoms with E-state index >= 15 is 0 Å². The van der Waals surface area contributed by atoms with Gasteiger partial charge in [0.25, 0.3) is 0 Å². The first-order valence-corrected chi connectivity index (χ1v) is 5.80. The van der Waals surface area contributed by atoms with E-state index in [-0.39, 0.29) is 0 Å². The number of nitrogens with zero attached hydrogens (tertiary/aromatic N) is 3. The Morgan fingerprint density at radius 2 is 2.28 bits per heavy atom. The fourth-order valence-corrected chi connectivity index (χ4v) is 2.19. The van der Waals surface area contributed by atoms with Crippen LogP contribution in [0.1, 0.15) is 0 Å². The van der Waals surface area contributed by atoms with Crippen LogP contribution in [-0.2, 0) is 6.54 Å². The number of nitrogens with one attached hydrogen (secondary N) is 2. The summed E-state index contributed by atoms with van der Waals surface area (Å²) in [5.74, 6) is 1.57. The van der Waals surface area contributed by atoms with Gasteiger partial charge in [-0.2, -0.15) is 10.2 Å². The van der Waals surface area contributed by atoms with E-state index in [1.54, 1.807) is 6.20 Å². The van der Waals surface area contributed by atoms with Crippen molar-refractivity contribution >= 4 is 22.4 Å². The van der Waals surface area contributed by atoms with Gasteiger partial charge in [0, 0.05) is 5.39 Å². The summed E-state index contributed by atoms with van der Waals surface area (Å²) in [4.78, 5) is 0. The molecular weight excluding hydrogens is 230 g/mol. The molecule has 0 saturated carbocycles. The molecule has 2 N–H and O–H groups in total. The SMILES string of the molecule is c1ccc2c(Nc3cnn4c3OCC4)n[nH]c2c1. The Kier molecular flexibility index (Phi) is 1.85. The van der Waals surface area contributed by atoms with E-state index in [2.05, 4.69) is 20.6 Å². The molecule has 4 rings (SSSR count). The minimum absolute atomic E-state index is 0.680. The van der Waals surface area contributed by atoms with Gasteiger partial charge in [0.1, 0.15) is 12.3 Å². The molecule has 0 fully saturated rings. The lowest BCUT2D eigenvalue weighted by Gasteiger charge is -2.02. The fourth-order valence-electron chi connectivity index (χ4n) is 2.19. The number of H-pyrrole nitrogens is 1. The molecular formula is C12H11N5O. The zero-order valence-corrected chi connectivity index (χ0v) is 9.55. The van der Waals surface area contributed by atoms with Crippen molar-refractivity contribution in [2.45, 2.75) is 6.54 Å². The monoisotopic (exact) mass is 241 g/mol. The summed E-state index contributed by atoms with van der Waals surface area (Å²) in [6.45, 7) is 1.48. The predicted molar refractivity (Wildman–Crippen MR) is 67.1 cm³/mol. The van der Waals surface area contributed by atoms with E-state index in [1.807, 2.05) is 28.9 Å². The van der Waals surface area contributed by atoms with E-state index in [0.717, 1.165) is 34.8 Å². The molecule has 6 nitrogen and oxygen atoms in total. The molecule has 0 spiro atoms. The highest BCUT2D eigenvalue weighted by atomic mass is 16.5. The topological polar surface area (TPSA) is 67.8 Å². The normalized spacial score (nSPS) is 13.6. The highest BCUT2D eigenvalue weighted by Crippen LogP contribution is 2.31. The van der Waals surface area contributed by atoms with E-state index in [0.29, 0.717) is 6.61 Å². The number of rotatable bonds is 2. The maximum atomic E-state index is 5.53. The quantitative estimate of drug-likeness (QED) is 0.719. The molecule has 90 valence electrons. The summed E-state index contributed by atoms with van der Waals surface area (Å²) in [5, 5.41) is 15.8. The third-order valence-electron chi connectivity index (χ3n) is 3.06. The summed E-state index contributed by atoms with van der Waals surface area (Å²) in [7, 11) is 0. The second-order valence-electron chi connectivity index (χ2n) is 4.18. The lowest BCUT2D eigenvalue weighted by atomic mass is 10.2. The molecule has 0 unspecified atom stereocenters. The molecule has 6 heteroatoms. The molecule has 0 atom stereocenters. The summed E-state index contributed by atoms with van der Waals surface area (Å²) < 4.78 is 7.37. The zero-order chi connectivity index (χ0) is 11.9. The smallest absolute Gasteiger partial charge is 0.236 e. The van der Waals surface area contributed by atoms with Crippen LogP contribution < -0.4 is 10.1 Å². The molecule has 3 heterocycles. The van der Waals surface area contributed by atoms with Gasteiger partial charge in [0.05, 0.1) is 18.3 Å². The highest BCUT2D eigenvalue weighted by Gasteiger charge is 2.18. The maximum Gasteiger partial charge on any atom is 0.236 e. The minimum atomic E-state index is 0.680. The first-order chi connectivity index (χ1) is 8.92. The number of fused-ring (bicyclic) bond motifs is 2. The van der Waals surface area contributed by atoms with Crippen molar-refractivity contribution in [2.75, 3.05) is 11.9 Å². The van der Waals surface area contributed by atoms with Crippen molar-refractivity contribution in [3.8, 4) is 5.88 Å². The lowest BCUT2D eigenvalue weighted by molar-refractivity contribution is 0.358. The molecule has 1 aliphatic heterocycles. The second kappa shape index (κ2) is 3.49. The Bertz CT molecular complexity index is 714. The molecule has 2 aromatic heterocycles. The number of aromatic nitrogens is 4. The van der Waals surface area contributed by atoms with Crippen molar-refractivity contribution in [3.63, 3.8) is 0 Å². The molecule has 0 saturated heterocycles. The standard InChI is InChI=1S/C12H11N5O/c1-2-4-9-8(3-1)11(16-15-9)14-10-7-13-17-5-6-18-12(10)17/h1-4,7H,5-6H2,(H2,14,15,16). The molecule has 3 aromatic rings. The van der Waals surface area contributed by atoms with Gasteiger partial charge >= 0.3 is 0 Å². The Hall–Kier alpha value is -2.50. The molecule has 0 amide bonds. The van der Waals surface area contributed by atoms with Crippen molar-refractivity contribution in [3.05, 3.63) is 30.5 Å². The van der Waals surface area contributed by atoms with Crippen LogP contribution in [0, 0.1) is 0 Å². The average molecular weight is 241 g/mol. The van der Waals surface area contributed by atoms with Crippen LogP contribution in [0.2, 0.25) is 0 Å². The van der Waals surface area contributed by atoms with E-state index in [1.165, 1.54) is 0 Å². The molecule has 0 aliphatic carbocycles. The van der Waals surface area contributed by atoms with Crippen LogP contribution in [0.25, 0.3) is 10.9 Å². The molecule has 0 bridgehead atoms. The third-order valence-corrected chi connectivity index (χ3v) is 3.06. The molecule has 1 aromatic carbocycles. The number of ether oxygens (including phenoxy) is 1. The third kappa shape index (κ3) is 1.29. The van der Waals surface area contributed by atoms with Crippen molar-refractivity contribution in [1.82, 2.24) is 20.0 Å². The Morgan fingerprint density at radius 3 is 3.28 bits per heavy atom. The fraction of sp³-hybridized carbons (Fsp3) is 0.167. The van der Waals surface area contributed by atoms with Crippen LogP contribution in [-0.4, -0.2) is 26.6 Å². The van der Waals surface area contributed by atoms with Gasteiger partial charge in [-0.1, -0.05) is 12.1 Å². The summed E-state index contributed by atoms with van der Waals surface area (Å²) >= 11 is 0. The van der Waals surface area contributed by atoms with E-state index < -0.39 is 0 Å². The summed E-state index contributed by atoms with van der Waals surface area (Å²) in [5.41, 5.74) is 1.86. The van der Waals surface area contributed by atoms with Gasteiger partial charge in [-0.3, -0.25) is 5.10 Å². The largest absolute Gasteiger partial charge is 0.474 e. The highest BCUT2D eigenvalue weighted by molar-refractivity contribution is 5.91. The van der Waals surface area contributed by atoms with Gasteiger partial charge in [0.15, 0.2) is 5.82 Å². The van der Waals surface area contributed by atoms with Crippen LogP contribution in [0.15, 0.2) is 30.5 Å². The number of aromatic amines is 1. The van der Waals surface area contributed by atoms with Gasteiger partial charge in [-0.25, -0.2) is 4.68 Å². The average Bonchev–Trinajstić information content (AvgIpc) is 3.08. The number of anilines is 2. The number of hydrogen-bond acceptors (Lipinski definition) is 4. The van der Waals surface area contributed by atoms with Gasteiger partial charge in [-0.15, -0.1) is 0 Å². The second-order valence-corrected chi connectivity index (χ2v) is 4.18. The number of benzene rings is 1. The van der Waals surface area contributed by atoms with Gasteiger partial charge in [0.2, 0.25) is 5.88 Å². The van der Waals surface area contributed by atoms with Crippen LogP contribution in [0.4, 0.5) is 11.5 Å². The minimum Gasteiger partial charge on any atom is -0.474 e. The van der Waals surface area contributed by atoms with Crippen LogP contribution in [0.5, 0.6) is 5.88 Å². The Labute approximate surface area is 103 Å². The predicted octanol–water partition coefficient (Wildman–Crippen LogP) is 1.90. The Balaban J connectivity index is 1.76. The Morgan fingerprint density at radius 1 is 1.33 bits per heavy atom.